The predicted octanol–water partition coefficient (Wildman–Crippen LogP) is 9.00. The molecule has 13 nitrogen and oxygen atoms in total. The number of likely N-dealkylation sites (tertiary alicyclic amines) is 1. The zero-order valence-corrected chi connectivity index (χ0v) is 42.7. The molecule has 1 saturated heterocycles. The van der Waals surface area contributed by atoms with Crippen LogP contribution < -0.4 is 9.64 Å². The van der Waals surface area contributed by atoms with Crippen LogP contribution in [0, 0.1) is 31.0 Å². The predicted molar refractivity (Wildman–Crippen MR) is 279 cm³/mol. The van der Waals surface area contributed by atoms with Gasteiger partial charge in [0.2, 0.25) is 5.91 Å². The van der Waals surface area contributed by atoms with Gasteiger partial charge in [-0.1, -0.05) is 36.8 Å². The summed E-state index contributed by atoms with van der Waals surface area (Å²) < 4.78 is 25.2. The number of benzene rings is 4. The van der Waals surface area contributed by atoms with Crippen LogP contribution in [-0.2, 0) is 51.2 Å². The summed E-state index contributed by atoms with van der Waals surface area (Å²) in [6.45, 7) is 8.82. The maximum atomic E-state index is 15.8. The van der Waals surface area contributed by atoms with Crippen molar-refractivity contribution in [1.29, 1.82) is 5.26 Å². The summed E-state index contributed by atoms with van der Waals surface area (Å²) in [5.41, 5.74) is 9.58. The van der Waals surface area contributed by atoms with E-state index in [1.165, 1.54) is 43.0 Å². The minimum absolute atomic E-state index is 0.0525. The molecule has 6 aromatic rings. The van der Waals surface area contributed by atoms with Gasteiger partial charge in [-0.2, -0.15) is 5.26 Å². The largest absolute Gasteiger partial charge is 0.508 e. The first-order valence-electron chi connectivity index (χ1n) is 25.8. The molecule has 0 spiro atoms. The van der Waals surface area contributed by atoms with E-state index in [-0.39, 0.29) is 42.5 Å². The van der Waals surface area contributed by atoms with Crippen molar-refractivity contribution in [2.24, 2.45) is 14.1 Å². The molecule has 378 valence electrons. The molecular formula is C59H65FN8O5. The summed E-state index contributed by atoms with van der Waals surface area (Å²) in [5, 5.41) is 20.2. The van der Waals surface area contributed by atoms with Crippen LogP contribution in [0.25, 0.3) is 11.3 Å². The topological polar surface area (TPSA) is 131 Å². The number of ether oxygens (including phenoxy) is 1. The van der Waals surface area contributed by atoms with E-state index in [1.807, 2.05) is 48.6 Å². The molecule has 73 heavy (non-hydrogen) atoms. The first-order chi connectivity index (χ1) is 35.3. The van der Waals surface area contributed by atoms with Gasteiger partial charge in [0.1, 0.15) is 35.7 Å². The Balaban J connectivity index is 1.00. The molecule has 1 atom stereocenters. The van der Waals surface area contributed by atoms with Gasteiger partial charge in [-0.15, -0.1) is 0 Å². The number of nitriles is 1. The molecule has 4 aliphatic rings. The number of aromatic hydroxyl groups is 1. The highest BCUT2D eigenvalue weighted by atomic mass is 19.1. The summed E-state index contributed by atoms with van der Waals surface area (Å²) in [6, 6.07) is 29.9. The lowest BCUT2D eigenvalue weighted by Gasteiger charge is -2.41. The molecule has 1 aliphatic carbocycles. The third-order valence-electron chi connectivity index (χ3n) is 15.9. The molecule has 3 amide bonds. The molecule has 2 fully saturated rings. The van der Waals surface area contributed by atoms with Gasteiger partial charge in [0, 0.05) is 98.9 Å². The average molecular weight is 985 g/mol. The lowest BCUT2D eigenvalue weighted by molar-refractivity contribution is -0.131. The molecule has 5 heterocycles. The molecule has 14 heteroatoms. The Hall–Kier alpha value is -7.21. The fourth-order valence-corrected chi connectivity index (χ4v) is 11.1. The Labute approximate surface area is 427 Å². The molecule has 3 aliphatic heterocycles. The first kappa shape index (κ1) is 49.4. The summed E-state index contributed by atoms with van der Waals surface area (Å²) >= 11 is 0. The molecule has 0 unspecified atom stereocenters. The molecular weight excluding hydrogens is 920 g/mol. The quantitative estimate of drug-likeness (QED) is 0.115. The van der Waals surface area contributed by atoms with Gasteiger partial charge in [0.25, 0.3) is 11.8 Å². The van der Waals surface area contributed by atoms with Crippen LogP contribution in [0.5, 0.6) is 11.5 Å². The first-order valence-corrected chi connectivity index (χ1v) is 25.8. The fourth-order valence-electron chi connectivity index (χ4n) is 11.1. The van der Waals surface area contributed by atoms with Gasteiger partial charge in [0.15, 0.2) is 0 Å². The van der Waals surface area contributed by atoms with Gasteiger partial charge in [-0.25, -0.2) is 4.39 Å². The number of nitrogens with zero attached hydrogens (tertiary/aromatic N) is 8. The Morgan fingerprint density at radius 2 is 1.58 bits per heavy atom. The van der Waals surface area contributed by atoms with Crippen molar-refractivity contribution in [3.8, 4) is 28.8 Å². The molecule has 0 bridgehead atoms. The highest BCUT2D eigenvalue weighted by Crippen LogP contribution is 2.39. The van der Waals surface area contributed by atoms with Crippen LogP contribution >= 0.6 is 0 Å². The molecule has 0 radical (unpaired) electrons. The number of rotatable bonds is 14. The van der Waals surface area contributed by atoms with Crippen LogP contribution in [0.15, 0.2) is 91.0 Å². The molecule has 10 rings (SSSR count). The smallest absolute Gasteiger partial charge is 0.264 e. The monoisotopic (exact) mass is 985 g/mol. The number of hydrogen-bond acceptors (Lipinski definition) is 8. The number of phenols is 1. The number of carbonyl (C=O) groups excluding carboxylic acids is 3. The fraction of sp³-hybridized carbons (Fsp3) is 0.390. The standard InChI is InChI=1S/C59H65FN8O5/c1-38-51(59(72)68(46-16-18-49(69)19-17-46)55-31-47(34-61)63(4)39(55)2)33-56(64(38)5)52-28-41-21-24-66(57(70)30-42-13-20-50(32-54(42)60)73-26-25-62(3)45-14-15-45)35-44(41)29-53(52)58(71)67-36-43-12-8-7-11-40(43)27-48(67)37-65-22-9-6-10-23-65/h7-8,11-13,16-20,28-29,31-33,45,48,69H,6,9-10,14-15,21-27,30,35-37H2,1-5H3/t48-/m0/s1. The van der Waals surface area contributed by atoms with Crippen molar-refractivity contribution in [2.45, 2.75) is 90.4 Å². The number of amides is 3. The van der Waals surface area contributed by atoms with Gasteiger partial charge >= 0.3 is 0 Å². The Morgan fingerprint density at radius 3 is 2.29 bits per heavy atom. The van der Waals surface area contributed by atoms with Crippen molar-refractivity contribution < 1.29 is 28.6 Å². The molecule has 1 saturated carbocycles. The van der Waals surface area contributed by atoms with E-state index in [4.69, 9.17) is 4.74 Å². The summed E-state index contributed by atoms with van der Waals surface area (Å²) in [5.74, 6) is -0.656. The second-order valence-electron chi connectivity index (χ2n) is 20.6. The number of likely N-dealkylation sites (N-methyl/N-ethyl adjacent to an activating group) is 1. The van der Waals surface area contributed by atoms with Crippen LogP contribution in [0.4, 0.5) is 15.8 Å². The minimum atomic E-state index is -0.480. The van der Waals surface area contributed by atoms with Gasteiger partial charge in [0.05, 0.1) is 17.7 Å². The van der Waals surface area contributed by atoms with Gasteiger partial charge in [-0.3, -0.25) is 19.3 Å². The van der Waals surface area contributed by atoms with Crippen molar-refractivity contribution in [3.63, 3.8) is 0 Å². The third-order valence-corrected chi connectivity index (χ3v) is 15.9. The van der Waals surface area contributed by atoms with Crippen molar-refractivity contribution in [2.75, 3.05) is 51.3 Å². The van der Waals surface area contributed by atoms with E-state index in [1.54, 1.807) is 51.7 Å². The SMILES string of the molecule is Cc1c(N(C(=O)c2cc(-c3cc4c(cc3C(=O)N3Cc5ccccc5C[C@H]3CN3CCCCC3)CN(C(=O)Cc3ccc(OCCN(C)C5CC5)cc3F)CC4)n(C)c2C)c2ccc(O)cc2)cc(C#N)n1C. The van der Waals surface area contributed by atoms with E-state index >= 15 is 14.0 Å². The second-order valence-corrected chi connectivity index (χ2v) is 20.6. The number of anilines is 2. The second kappa shape index (κ2) is 20.7. The summed E-state index contributed by atoms with van der Waals surface area (Å²) in [4.78, 5) is 55.2. The number of aromatic nitrogens is 2. The van der Waals surface area contributed by atoms with E-state index in [2.05, 4.69) is 47.2 Å². The molecule has 4 aromatic carbocycles. The maximum Gasteiger partial charge on any atom is 0.264 e. The van der Waals surface area contributed by atoms with E-state index in [0.29, 0.717) is 94.3 Å². The average Bonchev–Trinajstić information content (AvgIpc) is 4.17. The molecule has 1 N–H and O–H groups in total. The Kier molecular flexibility index (Phi) is 14.0. The van der Waals surface area contributed by atoms with Crippen molar-refractivity contribution in [1.82, 2.24) is 28.7 Å². The number of piperidine rings is 1. The van der Waals surface area contributed by atoms with Crippen molar-refractivity contribution in [3.05, 3.63) is 153 Å². The number of hydrogen-bond donors (Lipinski definition) is 1. The van der Waals surface area contributed by atoms with E-state index < -0.39 is 5.82 Å². The third kappa shape index (κ3) is 10.1. The lowest BCUT2D eigenvalue weighted by atomic mass is 9.89. The minimum Gasteiger partial charge on any atom is -0.508 e. The number of carbonyl (C=O) groups is 3. The van der Waals surface area contributed by atoms with Gasteiger partial charge in [-0.05, 0) is 155 Å². The van der Waals surface area contributed by atoms with Crippen LogP contribution in [0.3, 0.4) is 0 Å². The van der Waals surface area contributed by atoms with Crippen LogP contribution in [0.2, 0.25) is 0 Å². The number of phenolic OH excluding ortho intramolecular Hbond substituents is 1. The molecule has 2 aromatic heterocycles. The zero-order valence-electron chi connectivity index (χ0n) is 42.7. The van der Waals surface area contributed by atoms with Crippen LogP contribution in [0.1, 0.15) is 97.7 Å². The van der Waals surface area contributed by atoms with E-state index in [9.17, 15) is 15.2 Å². The normalized spacial score (nSPS) is 16.8. The zero-order chi connectivity index (χ0) is 51.1. The highest BCUT2D eigenvalue weighted by molar-refractivity contribution is 6.13. The van der Waals surface area contributed by atoms with Gasteiger partial charge < -0.3 is 38.6 Å². The Bertz CT molecular complexity index is 3120. The van der Waals surface area contributed by atoms with Crippen molar-refractivity contribution >= 4 is 29.1 Å². The van der Waals surface area contributed by atoms with E-state index in [0.717, 1.165) is 62.1 Å². The van der Waals surface area contributed by atoms with Crippen LogP contribution in [-0.4, -0.2) is 110 Å². The summed E-state index contributed by atoms with van der Waals surface area (Å²) in [7, 11) is 5.77. The maximum absolute atomic E-state index is 15.8. The number of fused-ring (bicyclic) bond motifs is 2. The lowest BCUT2D eigenvalue weighted by Crippen LogP contribution is -2.51. The Morgan fingerprint density at radius 1 is 0.822 bits per heavy atom. The highest BCUT2D eigenvalue weighted by Gasteiger charge is 2.36. The number of halogens is 1. The summed E-state index contributed by atoms with van der Waals surface area (Å²) in [6.07, 6.45) is 7.01.